The Morgan fingerprint density at radius 3 is 2.86 bits per heavy atom. The molecule has 0 saturated heterocycles. The van der Waals surface area contributed by atoms with E-state index in [0.717, 1.165) is 12.2 Å². The van der Waals surface area contributed by atoms with Gasteiger partial charge in [-0.2, -0.15) is 0 Å². The lowest BCUT2D eigenvalue weighted by Gasteiger charge is -2.12. The average Bonchev–Trinajstić information content (AvgIpc) is 3.12. The number of aromatic nitrogens is 3. The SMILES string of the molecule is CCn1c(SCc2cccs2)nnc(Nc2ccc3c(c2)OCCCO3)c1=O. The van der Waals surface area contributed by atoms with E-state index in [4.69, 9.17) is 9.47 Å². The van der Waals surface area contributed by atoms with Gasteiger partial charge in [0, 0.05) is 35.3 Å². The van der Waals surface area contributed by atoms with Gasteiger partial charge in [0.15, 0.2) is 16.7 Å². The molecule has 4 rings (SSSR count). The van der Waals surface area contributed by atoms with E-state index in [1.165, 1.54) is 16.6 Å². The van der Waals surface area contributed by atoms with Crippen LogP contribution in [-0.2, 0) is 12.3 Å². The van der Waals surface area contributed by atoms with Crippen LogP contribution in [0.5, 0.6) is 11.5 Å². The Labute approximate surface area is 170 Å². The standard InChI is InChI=1S/C19H20N4O3S2/c1-2-23-18(24)17(21-22-19(23)28-12-14-5-3-10-27-14)20-13-6-7-15-16(11-13)26-9-4-8-25-15/h3,5-7,10-11H,2,4,8-9,12H2,1H3,(H,20,21). The molecule has 1 aromatic carbocycles. The molecule has 146 valence electrons. The van der Waals surface area contributed by atoms with E-state index >= 15 is 0 Å². The number of hydrogen-bond donors (Lipinski definition) is 1. The maximum atomic E-state index is 12.9. The van der Waals surface area contributed by atoms with E-state index < -0.39 is 0 Å². The first-order valence-corrected chi connectivity index (χ1v) is 10.9. The van der Waals surface area contributed by atoms with Crippen molar-refractivity contribution < 1.29 is 9.47 Å². The average molecular weight is 417 g/mol. The van der Waals surface area contributed by atoms with Gasteiger partial charge in [-0.1, -0.05) is 17.8 Å². The third-order valence-electron chi connectivity index (χ3n) is 4.16. The fourth-order valence-corrected chi connectivity index (χ4v) is 4.55. The molecular weight excluding hydrogens is 396 g/mol. The Hall–Kier alpha value is -2.52. The number of thiophene rings is 1. The highest BCUT2D eigenvalue weighted by Gasteiger charge is 2.15. The molecule has 3 heterocycles. The summed E-state index contributed by atoms with van der Waals surface area (Å²) in [4.78, 5) is 14.1. The van der Waals surface area contributed by atoms with E-state index in [2.05, 4.69) is 21.6 Å². The van der Waals surface area contributed by atoms with E-state index in [9.17, 15) is 4.79 Å². The lowest BCUT2D eigenvalue weighted by atomic mass is 10.2. The molecule has 1 aliphatic rings. The largest absolute Gasteiger partial charge is 0.490 e. The van der Waals surface area contributed by atoms with E-state index in [0.29, 0.717) is 42.1 Å². The fourth-order valence-electron chi connectivity index (χ4n) is 2.78. The number of hydrogen-bond acceptors (Lipinski definition) is 8. The van der Waals surface area contributed by atoms with Crippen LogP contribution in [0.3, 0.4) is 0 Å². The first kappa shape index (κ1) is 18.8. The zero-order chi connectivity index (χ0) is 19.3. The van der Waals surface area contributed by atoms with Crippen molar-refractivity contribution in [3.63, 3.8) is 0 Å². The van der Waals surface area contributed by atoms with Gasteiger partial charge in [-0.15, -0.1) is 21.5 Å². The van der Waals surface area contributed by atoms with Gasteiger partial charge in [-0.25, -0.2) is 0 Å². The normalized spacial score (nSPS) is 13.2. The molecule has 7 nitrogen and oxygen atoms in total. The second-order valence-electron chi connectivity index (χ2n) is 6.09. The second kappa shape index (κ2) is 8.66. The smallest absolute Gasteiger partial charge is 0.297 e. The van der Waals surface area contributed by atoms with Crippen LogP contribution >= 0.6 is 23.1 Å². The Kier molecular flexibility index (Phi) is 5.82. The molecule has 9 heteroatoms. The molecule has 0 aliphatic carbocycles. The minimum Gasteiger partial charge on any atom is -0.490 e. The molecule has 0 atom stereocenters. The predicted octanol–water partition coefficient (Wildman–Crippen LogP) is 3.92. The van der Waals surface area contributed by atoms with Crippen molar-refractivity contribution in [1.82, 2.24) is 14.8 Å². The lowest BCUT2D eigenvalue weighted by Crippen LogP contribution is -2.26. The third-order valence-corrected chi connectivity index (χ3v) is 6.24. The molecule has 0 radical (unpaired) electrons. The monoisotopic (exact) mass is 416 g/mol. The van der Waals surface area contributed by atoms with Gasteiger partial charge in [0.1, 0.15) is 0 Å². The topological polar surface area (TPSA) is 78.3 Å². The highest BCUT2D eigenvalue weighted by Crippen LogP contribution is 2.33. The first-order chi connectivity index (χ1) is 13.7. The molecule has 2 aromatic heterocycles. The number of fused-ring (bicyclic) bond motifs is 1. The van der Waals surface area contributed by atoms with Crippen molar-refractivity contribution in [2.45, 2.75) is 30.8 Å². The Balaban J connectivity index is 1.55. The second-order valence-corrected chi connectivity index (χ2v) is 8.06. The van der Waals surface area contributed by atoms with Crippen molar-refractivity contribution in [3.05, 3.63) is 50.9 Å². The van der Waals surface area contributed by atoms with Gasteiger partial charge >= 0.3 is 0 Å². The summed E-state index contributed by atoms with van der Waals surface area (Å²) in [7, 11) is 0. The van der Waals surface area contributed by atoms with Crippen LogP contribution < -0.4 is 20.3 Å². The van der Waals surface area contributed by atoms with Crippen molar-refractivity contribution in [1.29, 1.82) is 0 Å². The number of rotatable bonds is 6. The molecule has 0 amide bonds. The van der Waals surface area contributed by atoms with Gasteiger partial charge in [0.2, 0.25) is 5.82 Å². The Morgan fingerprint density at radius 2 is 2.07 bits per heavy atom. The number of nitrogens with zero attached hydrogens (tertiary/aromatic N) is 3. The fraction of sp³-hybridized carbons (Fsp3) is 0.316. The Morgan fingerprint density at radius 1 is 1.21 bits per heavy atom. The molecule has 0 unspecified atom stereocenters. The van der Waals surface area contributed by atoms with E-state index in [-0.39, 0.29) is 11.4 Å². The van der Waals surface area contributed by atoms with Crippen molar-refractivity contribution in [2.75, 3.05) is 18.5 Å². The van der Waals surface area contributed by atoms with Crippen molar-refractivity contribution in [3.8, 4) is 11.5 Å². The van der Waals surface area contributed by atoms with Gasteiger partial charge in [-0.05, 0) is 30.5 Å². The number of thioether (sulfide) groups is 1. The minimum absolute atomic E-state index is 0.191. The zero-order valence-electron chi connectivity index (χ0n) is 15.4. The number of nitrogens with one attached hydrogen (secondary N) is 1. The first-order valence-electron chi connectivity index (χ1n) is 9.04. The van der Waals surface area contributed by atoms with Crippen LogP contribution in [0.2, 0.25) is 0 Å². The summed E-state index contributed by atoms with van der Waals surface area (Å²) in [5.41, 5.74) is 0.510. The summed E-state index contributed by atoms with van der Waals surface area (Å²) in [6.45, 7) is 3.69. The summed E-state index contributed by atoms with van der Waals surface area (Å²) in [6, 6.07) is 9.57. The van der Waals surface area contributed by atoms with E-state index in [1.54, 1.807) is 15.9 Å². The van der Waals surface area contributed by atoms with Crippen molar-refractivity contribution in [2.24, 2.45) is 0 Å². The number of anilines is 2. The van der Waals surface area contributed by atoms with Crippen molar-refractivity contribution >= 4 is 34.6 Å². The molecule has 0 fully saturated rings. The molecule has 0 spiro atoms. The lowest BCUT2D eigenvalue weighted by molar-refractivity contribution is 0.297. The Bertz CT molecular complexity index is 1000. The molecule has 28 heavy (non-hydrogen) atoms. The van der Waals surface area contributed by atoms with Gasteiger partial charge in [0.05, 0.1) is 13.2 Å². The third kappa shape index (κ3) is 4.15. The number of ether oxygens (including phenoxy) is 2. The highest BCUT2D eigenvalue weighted by atomic mass is 32.2. The summed E-state index contributed by atoms with van der Waals surface area (Å²) in [5, 5.41) is 14.1. The summed E-state index contributed by atoms with van der Waals surface area (Å²) >= 11 is 3.20. The van der Waals surface area contributed by atoms with Crippen LogP contribution in [0.15, 0.2) is 45.7 Å². The molecular formula is C19H20N4O3S2. The maximum Gasteiger partial charge on any atom is 0.297 e. The summed E-state index contributed by atoms with van der Waals surface area (Å²) in [6.07, 6.45) is 0.842. The number of benzene rings is 1. The molecule has 0 saturated carbocycles. The molecule has 0 bridgehead atoms. The summed E-state index contributed by atoms with van der Waals surface area (Å²) < 4.78 is 13.0. The quantitative estimate of drug-likeness (QED) is 0.610. The van der Waals surface area contributed by atoms with Crippen LogP contribution in [0.1, 0.15) is 18.2 Å². The maximum absolute atomic E-state index is 12.9. The van der Waals surface area contributed by atoms with E-state index in [1.807, 2.05) is 36.6 Å². The zero-order valence-corrected chi connectivity index (χ0v) is 17.0. The van der Waals surface area contributed by atoms with Crippen LogP contribution in [0.4, 0.5) is 11.5 Å². The van der Waals surface area contributed by atoms with Gasteiger partial charge < -0.3 is 14.8 Å². The van der Waals surface area contributed by atoms with Gasteiger partial charge in [-0.3, -0.25) is 9.36 Å². The molecule has 1 aliphatic heterocycles. The van der Waals surface area contributed by atoms with Gasteiger partial charge in [0.25, 0.3) is 5.56 Å². The molecule has 1 N–H and O–H groups in total. The van der Waals surface area contributed by atoms with Crippen LogP contribution in [0, 0.1) is 0 Å². The summed E-state index contributed by atoms with van der Waals surface area (Å²) in [5.74, 6) is 2.33. The minimum atomic E-state index is -0.196. The molecule has 3 aromatic rings. The highest BCUT2D eigenvalue weighted by molar-refractivity contribution is 7.98. The predicted molar refractivity (Wildman–Crippen MR) is 111 cm³/mol. The van der Waals surface area contributed by atoms with Crippen LogP contribution in [0.25, 0.3) is 0 Å². The van der Waals surface area contributed by atoms with Crippen LogP contribution in [-0.4, -0.2) is 28.0 Å².